The van der Waals surface area contributed by atoms with Gasteiger partial charge in [-0.3, -0.25) is 0 Å². The van der Waals surface area contributed by atoms with Gasteiger partial charge in [0.25, 0.3) is 0 Å². The summed E-state index contributed by atoms with van der Waals surface area (Å²) in [5.41, 5.74) is 0.874. The molecular formula is C13H15Cl2N3. The zero-order valence-corrected chi connectivity index (χ0v) is 11.7. The largest absolute Gasteiger partial charge is 0.331 e. The molecule has 0 aliphatic heterocycles. The van der Waals surface area contributed by atoms with Crippen molar-refractivity contribution < 1.29 is 0 Å². The molecular weight excluding hydrogens is 269 g/mol. The van der Waals surface area contributed by atoms with E-state index in [0.717, 1.165) is 30.9 Å². The third-order valence-corrected chi connectivity index (χ3v) is 3.55. The van der Waals surface area contributed by atoms with Gasteiger partial charge in [0.1, 0.15) is 5.82 Å². The molecule has 1 aromatic carbocycles. The number of rotatable bonds is 5. The molecule has 1 N–H and O–H groups in total. The van der Waals surface area contributed by atoms with Gasteiger partial charge in [-0.25, -0.2) is 4.98 Å². The van der Waals surface area contributed by atoms with Gasteiger partial charge in [-0.05, 0) is 32.1 Å². The molecule has 5 heteroatoms. The molecule has 18 heavy (non-hydrogen) atoms. The molecule has 2 rings (SSSR count). The Balaban J connectivity index is 2.28. The molecule has 0 radical (unpaired) electrons. The minimum atomic E-state index is 0.555. The van der Waals surface area contributed by atoms with E-state index in [1.165, 1.54) is 0 Å². The molecule has 96 valence electrons. The van der Waals surface area contributed by atoms with E-state index in [-0.39, 0.29) is 0 Å². The van der Waals surface area contributed by atoms with Crippen molar-refractivity contribution in [2.75, 3.05) is 13.6 Å². The van der Waals surface area contributed by atoms with E-state index in [4.69, 9.17) is 23.2 Å². The van der Waals surface area contributed by atoms with Crippen LogP contribution in [-0.4, -0.2) is 23.1 Å². The summed E-state index contributed by atoms with van der Waals surface area (Å²) in [6.07, 6.45) is 4.78. The Morgan fingerprint density at radius 2 is 2.17 bits per heavy atom. The highest BCUT2D eigenvalue weighted by Crippen LogP contribution is 2.32. The smallest absolute Gasteiger partial charge is 0.141 e. The maximum Gasteiger partial charge on any atom is 0.141 e. The molecule has 0 spiro atoms. The Kier molecular flexibility index (Phi) is 4.64. The highest BCUT2D eigenvalue weighted by molar-refractivity contribution is 6.43. The van der Waals surface area contributed by atoms with Gasteiger partial charge in [0.2, 0.25) is 0 Å². The van der Waals surface area contributed by atoms with Gasteiger partial charge in [0.05, 0.1) is 10.0 Å². The number of nitrogens with one attached hydrogen (secondary N) is 1. The number of halogens is 2. The lowest BCUT2D eigenvalue weighted by Gasteiger charge is -2.09. The van der Waals surface area contributed by atoms with E-state index in [9.17, 15) is 0 Å². The first kappa shape index (κ1) is 13.4. The number of hydrogen-bond acceptors (Lipinski definition) is 2. The van der Waals surface area contributed by atoms with Crippen molar-refractivity contribution >= 4 is 23.2 Å². The van der Waals surface area contributed by atoms with Gasteiger partial charge in [0, 0.05) is 24.5 Å². The molecule has 0 bridgehead atoms. The van der Waals surface area contributed by atoms with Crippen molar-refractivity contribution in [3.8, 4) is 11.4 Å². The van der Waals surface area contributed by atoms with Gasteiger partial charge >= 0.3 is 0 Å². The Bertz CT molecular complexity index is 523. The van der Waals surface area contributed by atoms with Crippen LogP contribution in [0.3, 0.4) is 0 Å². The number of nitrogens with zero attached hydrogens (tertiary/aromatic N) is 2. The first-order valence-electron chi connectivity index (χ1n) is 5.84. The minimum absolute atomic E-state index is 0.555. The summed E-state index contributed by atoms with van der Waals surface area (Å²) in [6, 6.07) is 5.60. The van der Waals surface area contributed by atoms with Crippen LogP contribution >= 0.6 is 23.2 Å². The molecule has 0 fully saturated rings. The summed E-state index contributed by atoms with van der Waals surface area (Å²) in [4.78, 5) is 4.37. The van der Waals surface area contributed by atoms with Crippen LogP contribution in [0.5, 0.6) is 0 Å². The lowest BCUT2D eigenvalue weighted by Crippen LogP contribution is -2.11. The molecule has 0 atom stereocenters. The standard InChI is InChI=1S/C13H15Cl2N3/c1-16-6-3-8-18-9-7-17-13(18)10-4-2-5-11(14)12(10)15/h2,4-5,7,9,16H,3,6,8H2,1H3. The summed E-state index contributed by atoms with van der Waals surface area (Å²) in [6.45, 7) is 1.87. The van der Waals surface area contributed by atoms with Crippen LogP contribution in [0, 0.1) is 0 Å². The summed E-state index contributed by atoms with van der Waals surface area (Å²) in [7, 11) is 1.95. The number of hydrogen-bond donors (Lipinski definition) is 1. The fourth-order valence-electron chi connectivity index (χ4n) is 1.84. The van der Waals surface area contributed by atoms with Crippen molar-refractivity contribution in [3.63, 3.8) is 0 Å². The van der Waals surface area contributed by atoms with Gasteiger partial charge in [-0.2, -0.15) is 0 Å². The van der Waals surface area contributed by atoms with Crippen LogP contribution in [0.4, 0.5) is 0 Å². The quantitative estimate of drug-likeness (QED) is 0.852. The molecule has 0 amide bonds. The van der Waals surface area contributed by atoms with E-state index >= 15 is 0 Å². The molecule has 1 heterocycles. The average molecular weight is 284 g/mol. The third-order valence-electron chi connectivity index (χ3n) is 2.73. The second-order valence-corrected chi connectivity index (χ2v) is 4.79. The van der Waals surface area contributed by atoms with E-state index in [0.29, 0.717) is 10.0 Å². The first-order valence-corrected chi connectivity index (χ1v) is 6.59. The van der Waals surface area contributed by atoms with Crippen molar-refractivity contribution in [2.45, 2.75) is 13.0 Å². The molecule has 0 unspecified atom stereocenters. The van der Waals surface area contributed by atoms with Crippen LogP contribution in [0.15, 0.2) is 30.6 Å². The maximum atomic E-state index is 6.22. The highest BCUT2D eigenvalue weighted by atomic mass is 35.5. The highest BCUT2D eigenvalue weighted by Gasteiger charge is 2.11. The van der Waals surface area contributed by atoms with E-state index in [2.05, 4.69) is 14.9 Å². The van der Waals surface area contributed by atoms with Gasteiger partial charge in [0.15, 0.2) is 0 Å². The Labute approximate surface area is 117 Å². The summed E-state index contributed by atoms with van der Waals surface area (Å²) in [5.74, 6) is 0.860. The van der Waals surface area contributed by atoms with Crippen LogP contribution in [0.2, 0.25) is 10.0 Å². The second-order valence-electron chi connectivity index (χ2n) is 4.00. The Morgan fingerprint density at radius 3 is 2.94 bits per heavy atom. The van der Waals surface area contributed by atoms with Gasteiger partial charge in [-0.15, -0.1) is 0 Å². The molecule has 3 nitrogen and oxygen atoms in total. The summed E-state index contributed by atoms with van der Waals surface area (Å²) < 4.78 is 2.09. The topological polar surface area (TPSA) is 29.9 Å². The SMILES string of the molecule is CNCCCn1ccnc1-c1cccc(Cl)c1Cl. The zero-order chi connectivity index (χ0) is 13.0. The van der Waals surface area contributed by atoms with Crippen molar-refractivity contribution in [2.24, 2.45) is 0 Å². The normalized spacial score (nSPS) is 10.8. The first-order chi connectivity index (χ1) is 8.74. The molecule has 0 aliphatic rings. The van der Waals surface area contributed by atoms with Crippen LogP contribution in [0.1, 0.15) is 6.42 Å². The van der Waals surface area contributed by atoms with Crippen LogP contribution < -0.4 is 5.32 Å². The Morgan fingerprint density at radius 1 is 1.33 bits per heavy atom. The molecule has 1 aromatic heterocycles. The number of imidazole rings is 1. The molecule has 2 aromatic rings. The average Bonchev–Trinajstić information content (AvgIpc) is 2.81. The predicted molar refractivity (Wildman–Crippen MR) is 76.2 cm³/mol. The van der Waals surface area contributed by atoms with E-state index in [1.54, 1.807) is 12.3 Å². The van der Waals surface area contributed by atoms with Gasteiger partial charge in [-0.1, -0.05) is 29.3 Å². The fourth-order valence-corrected chi connectivity index (χ4v) is 2.22. The predicted octanol–water partition coefficient (Wildman–Crippen LogP) is 3.47. The molecule has 0 saturated heterocycles. The lowest BCUT2D eigenvalue weighted by molar-refractivity contribution is 0.617. The van der Waals surface area contributed by atoms with Crippen molar-refractivity contribution in [3.05, 3.63) is 40.6 Å². The molecule has 0 saturated carbocycles. The third kappa shape index (κ3) is 2.86. The maximum absolute atomic E-state index is 6.22. The fraction of sp³-hybridized carbons (Fsp3) is 0.308. The second kappa shape index (κ2) is 6.23. The minimum Gasteiger partial charge on any atom is -0.331 e. The molecule has 0 aliphatic carbocycles. The summed E-state index contributed by atoms with van der Waals surface area (Å²) in [5, 5.41) is 4.24. The van der Waals surface area contributed by atoms with Crippen LogP contribution in [0.25, 0.3) is 11.4 Å². The van der Waals surface area contributed by atoms with Crippen LogP contribution in [-0.2, 0) is 6.54 Å². The van der Waals surface area contributed by atoms with E-state index < -0.39 is 0 Å². The van der Waals surface area contributed by atoms with Gasteiger partial charge < -0.3 is 9.88 Å². The van der Waals surface area contributed by atoms with E-state index in [1.807, 2.05) is 25.4 Å². The number of benzene rings is 1. The monoisotopic (exact) mass is 283 g/mol. The van der Waals surface area contributed by atoms with Crippen molar-refractivity contribution in [1.29, 1.82) is 0 Å². The zero-order valence-electron chi connectivity index (χ0n) is 10.2. The Hall–Kier alpha value is -1.03. The number of aromatic nitrogens is 2. The van der Waals surface area contributed by atoms with Crippen molar-refractivity contribution in [1.82, 2.24) is 14.9 Å². The lowest BCUT2D eigenvalue weighted by atomic mass is 10.2. The number of aryl methyl sites for hydroxylation is 1. The summed E-state index contributed by atoms with van der Waals surface area (Å²) >= 11 is 12.3.